The van der Waals surface area contributed by atoms with Crippen LogP contribution in [0.2, 0.25) is 0 Å². The van der Waals surface area contributed by atoms with Crippen LogP contribution in [0.1, 0.15) is 37.7 Å². The summed E-state index contributed by atoms with van der Waals surface area (Å²) in [6.07, 6.45) is 5.15. The predicted octanol–water partition coefficient (Wildman–Crippen LogP) is 2.03. The van der Waals surface area contributed by atoms with Crippen LogP contribution in [0.5, 0.6) is 0 Å². The van der Waals surface area contributed by atoms with Gasteiger partial charge in [0.2, 0.25) is 0 Å². The molecule has 1 aliphatic heterocycles. The van der Waals surface area contributed by atoms with E-state index in [0.29, 0.717) is 23.1 Å². The third kappa shape index (κ3) is 3.62. The van der Waals surface area contributed by atoms with Gasteiger partial charge in [-0.1, -0.05) is 43.2 Å². The van der Waals surface area contributed by atoms with Gasteiger partial charge < -0.3 is 14.3 Å². The Bertz CT molecular complexity index is 613. The Morgan fingerprint density at radius 1 is 1.28 bits per heavy atom. The van der Waals surface area contributed by atoms with Crippen molar-refractivity contribution < 1.29 is 23.9 Å². The summed E-state index contributed by atoms with van der Waals surface area (Å²) in [5.74, 6) is -0.630. The number of hydrogen-bond donors (Lipinski definition) is 1. The highest BCUT2D eigenvalue weighted by atomic mass is 16.6. The molecular weight excluding hydrogens is 318 g/mol. The Balaban J connectivity index is 1.78. The Morgan fingerprint density at radius 3 is 2.60 bits per heavy atom. The summed E-state index contributed by atoms with van der Waals surface area (Å²) in [5.41, 5.74) is -0.955. The van der Waals surface area contributed by atoms with Crippen LogP contribution < -0.4 is 0 Å². The van der Waals surface area contributed by atoms with Gasteiger partial charge in [-0.05, 0) is 18.4 Å². The minimum absolute atomic E-state index is 0.0975. The van der Waals surface area contributed by atoms with Crippen LogP contribution >= 0.6 is 0 Å². The summed E-state index contributed by atoms with van der Waals surface area (Å²) >= 11 is 0. The molecule has 0 radical (unpaired) electrons. The van der Waals surface area contributed by atoms with Crippen molar-refractivity contribution in [3.05, 3.63) is 35.9 Å². The molecule has 2 fully saturated rings. The van der Waals surface area contributed by atoms with Gasteiger partial charge in [0.1, 0.15) is 13.1 Å². The second-order valence-corrected chi connectivity index (χ2v) is 7.80. The average molecular weight is 346 g/mol. The van der Waals surface area contributed by atoms with Crippen LogP contribution in [0.25, 0.3) is 0 Å². The molecule has 3 atom stereocenters. The Kier molecular flexibility index (Phi) is 5.25. The quantitative estimate of drug-likeness (QED) is 0.486. The minimum atomic E-state index is -1.57. The number of benzene rings is 1. The lowest BCUT2D eigenvalue weighted by molar-refractivity contribution is -0.890. The zero-order valence-electron chi connectivity index (χ0n) is 14.9. The van der Waals surface area contributed by atoms with Gasteiger partial charge in [0.05, 0.1) is 13.6 Å². The third-order valence-electron chi connectivity index (χ3n) is 5.90. The van der Waals surface area contributed by atoms with Gasteiger partial charge in [-0.3, -0.25) is 4.79 Å². The summed E-state index contributed by atoms with van der Waals surface area (Å²) in [4.78, 5) is 23.9. The fourth-order valence-electron chi connectivity index (χ4n) is 4.37. The number of aldehydes is 1. The lowest BCUT2D eigenvalue weighted by Crippen LogP contribution is -2.47. The maximum absolute atomic E-state index is 13.0. The molecule has 1 aliphatic carbocycles. The highest BCUT2D eigenvalue weighted by Crippen LogP contribution is 2.42. The number of carbonyl (C=O) groups excluding carboxylic acids is 2. The van der Waals surface area contributed by atoms with Crippen LogP contribution in [0, 0.1) is 5.92 Å². The number of ether oxygens (including phenoxy) is 1. The first-order valence-corrected chi connectivity index (χ1v) is 9.24. The first-order chi connectivity index (χ1) is 12.0. The number of likely N-dealkylation sites (tertiary alicyclic amines) is 1. The number of nitrogens with zero attached hydrogens (tertiary/aromatic N) is 1. The van der Waals surface area contributed by atoms with E-state index in [0.717, 1.165) is 44.9 Å². The van der Waals surface area contributed by atoms with Gasteiger partial charge in [0, 0.05) is 12.3 Å². The largest absolute Gasteiger partial charge is 0.454 e. The van der Waals surface area contributed by atoms with Crippen molar-refractivity contribution in [2.75, 3.05) is 26.7 Å². The Labute approximate surface area is 149 Å². The standard InChI is InChI=1S/C20H28NO4/c1-21(13-14-22)12-11-18(15-21)25-19(23)20(24,17-9-5-6-10-17)16-7-3-2-4-8-16/h2-4,7-8,14,17-18,24H,5-6,9-13,15H2,1H3/q+1/t18-,20?,21-/m1/s1. The van der Waals surface area contributed by atoms with E-state index in [1.807, 2.05) is 25.2 Å². The van der Waals surface area contributed by atoms with Crippen molar-refractivity contribution >= 4 is 12.3 Å². The van der Waals surface area contributed by atoms with Crippen molar-refractivity contribution in [2.24, 2.45) is 5.92 Å². The Morgan fingerprint density at radius 2 is 1.96 bits per heavy atom. The van der Waals surface area contributed by atoms with Gasteiger partial charge >= 0.3 is 5.97 Å². The molecule has 1 unspecified atom stereocenters. The normalized spacial score (nSPS) is 29.3. The fourth-order valence-corrected chi connectivity index (χ4v) is 4.37. The SMILES string of the molecule is C[N@+]1(CC=O)CC[C@@H](OC(=O)C(O)(c2ccccc2)C2CCCC2)C1. The molecule has 25 heavy (non-hydrogen) atoms. The summed E-state index contributed by atoms with van der Waals surface area (Å²) in [5, 5.41) is 11.4. The van der Waals surface area contributed by atoms with Crippen molar-refractivity contribution in [3.8, 4) is 0 Å². The van der Waals surface area contributed by atoms with Gasteiger partial charge in [-0.25, -0.2) is 4.79 Å². The lowest BCUT2D eigenvalue weighted by Gasteiger charge is -2.33. The molecule has 1 heterocycles. The molecule has 0 aromatic heterocycles. The number of quaternary nitrogens is 1. The molecule has 1 saturated carbocycles. The molecule has 5 nitrogen and oxygen atoms in total. The molecular formula is C20H28NO4+. The van der Waals surface area contributed by atoms with E-state index in [2.05, 4.69) is 0 Å². The van der Waals surface area contributed by atoms with Crippen molar-refractivity contribution in [1.29, 1.82) is 0 Å². The van der Waals surface area contributed by atoms with E-state index < -0.39 is 11.6 Å². The first kappa shape index (κ1) is 18.1. The topological polar surface area (TPSA) is 63.6 Å². The summed E-state index contributed by atoms with van der Waals surface area (Å²) < 4.78 is 6.36. The maximum atomic E-state index is 13.0. The molecule has 136 valence electrons. The van der Waals surface area contributed by atoms with Gasteiger partial charge in [-0.15, -0.1) is 0 Å². The molecule has 5 heteroatoms. The molecule has 3 rings (SSSR count). The lowest BCUT2D eigenvalue weighted by atomic mass is 9.80. The number of aliphatic hydroxyl groups is 1. The number of likely N-dealkylation sites (N-methyl/N-ethyl adjacent to an activating group) is 1. The highest BCUT2D eigenvalue weighted by Gasteiger charge is 2.49. The number of hydrogen-bond acceptors (Lipinski definition) is 4. The highest BCUT2D eigenvalue weighted by molar-refractivity contribution is 5.81. The summed E-state index contributed by atoms with van der Waals surface area (Å²) in [6.45, 7) is 1.86. The fraction of sp³-hybridized carbons (Fsp3) is 0.600. The minimum Gasteiger partial charge on any atom is -0.454 e. The van der Waals surface area contributed by atoms with Gasteiger partial charge in [0.15, 0.2) is 18.0 Å². The van der Waals surface area contributed by atoms with E-state index in [1.54, 1.807) is 12.1 Å². The molecule has 0 bridgehead atoms. The van der Waals surface area contributed by atoms with E-state index >= 15 is 0 Å². The van der Waals surface area contributed by atoms with E-state index in [1.165, 1.54) is 0 Å². The first-order valence-electron chi connectivity index (χ1n) is 9.24. The van der Waals surface area contributed by atoms with Crippen LogP contribution in [0.3, 0.4) is 0 Å². The predicted molar refractivity (Wildman–Crippen MR) is 93.6 cm³/mol. The van der Waals surface area contributed by atoms with Gasteiger partial charge in [0.25, 0.3) is 0 Å². The summed E-state index contributed by atoms with van der Waals surface area (Å²) in [6, 6.07) is 9.18. The molecule has 1 aromatic carbocycles. The van der Waals surface area contributed by atoms with E-state index in [-0.39, 0.29) is 12.0 Å². The molecule has 0 amide bonds. The molecule has 1 aromatic rings. The van der Waals surface area contributed by atoms with Crippen LogP contribution in [-0.4, -0.2) is 54.6 Å². The average Bonchev–Trinajstić information content (AvgIpc) is 3.26. The Hall–Kier alpha value is -1.72. The van der Waals surface area contributed by atoms with Gasteiger partial charge in [-0.2, -0.15) is 0 Å². The second-order valence-electron chi connectivity index (χ2n) is 7.80. The third-order valence-corrected chi connectivity index (χ3v) is 5.90. The summed E-state index contributed by atoms with van der Waals surface area (Å²) in [7, 11) is 2.00. The van der Waals surface area contributed by atoms with Crippen LogP contribution in [0.15, 0.2) is 30.3 Å². The van der Waals surface area contributed by atoms with E-state index in [9.17, 15) is 14.7 Å². The van der Waals surface area contributed by atoms with Crippen molar-refractivity contribution in [3.63, 3.8) is 0 Å². The molecule has 1 saturated heterocycles. The zero-order chi connectivity index (χ0) is 17.9. The number of rotatable bonds is 6. The van der Waals surface area contributed by atoms with Crippen molar-refractivity contribution in [1.82, 2.24) is 0 Å². The monoisotopic (exact) mass is 346 g/mol. The number of esters is 1. The molecule has 1 N–H and O–H groups in total. The van der Waals surface area contributed by atoms with Crippen LogP contribution in [0.4, 0.5) is 0 Å². The van der Waals surface area contributed by atoms with Crippen molar-refractivity contribution in [2.45, 2.75) is 43.8 Å². The molecule has 2 aliphatic rings. The van der Waals surface area contributed by atoms with Crippen LogP contribution in [-0.2, 0) is 19.9 Å². The van der Waals surface area contributed by atoms with E-state index in [4.69, 9.17) is 4.74 Å². The second kappa shape index (κ2) is 7.26. The molecule has 0 spiro atoms. The smallest absolute Gasteiger partial charge is 0.343 e. The maximum Gasteiger partial charge on any atom is 0.343 e. The number of carbonyl (C=O) groups is 2. The zero-order valence-corrected chi connectivity index (χ0v) is 14.9.